The minimum absolute atomic E-state index is 0.577. The lowest BCUT2D eigenvalue weighted by Crippen LogP contribution is -2.09. The summed E-state index contributed by atoms with van der Waals surface area (Å²) in [5.74, 6) is 0.714. The molecule has 1 saturated carbocycles. The van der Waals surface area contributed by atoms with Crippen LogP contribution in [-0.4, -0.2) is 9.78 Å². The van der Waals surface area contributed by atoms with E-state index in [2.05, 4.69) is 12.0 Å². The molecular formula is C12H21N3. The number of nitrogens with two attached hydrogens (primary N) is 1. The van der Waals surface area contributed by atoms with Crippen LogP contribution in [0.25, 0.3) is 0 Å². The molecule has 1 aliphatic rings. The van der Waals surface area contributed by atoms with E-state index in [0.29, 0.717) is 12.5 Å². The maximum atomic E-state index is 5.76. The molecule has 0 unspecified atom stereocenters. The van der Waals surface area contributed by atoms with E-state index in [1.54, 1.807) is 0 Å². The van der Waals surface area contributed by atoms with Gasteiger partial charge in [-0.2, -0.15) is 5.10 Å². The fourth-order valence-electron chi connectivity index (χ4n) is 2.77. The van der Waals surface area contributed by atoms with Crippen LogP contribution < -0.4 is 5.73 Å². The summed E-state index contributed by atoms with van der Waals surface area (Å²) in [6.45, 7) is 2.74. The molecular weight excluding hydrogens is 186 g/mol. The first-order valence-corrected chi connectivity index (χ1v) is 5.96. The lowest BCUT2D eigenvalue weighted by molar-refractivity contribution is 0.440. The summed E-state index contributed by atoms with van der Waals surface area (Å²) in [7, 11) is 2.01. The first kappa shape index (κ1) is 10.7. The fourth-order valence-corrected chi connectivity index (χ4v) is 2.77. The van der Waals surface area contributed by atoms with E-state index in [4.69, 9.17) is 5.73 Å². The van der Waals surface area contributed by atoms with E-state index in [1.807, 2.05) is 11.7 Å². The molecule has 0 bridgehead atoms. The van der Waals surface area contributed by atoms with Crippen molar-refractivity contribution >= 4 is 0 Å². The highest BCUT2D eigenvalue weighted by atomic mass is 15.3. The van der Waals surface area contributed by atoms with Crippen molar-refractivity contribution in [3.05, 3.63) is 17.0 Å². The van der Waals surface area contributed by atoms with E-state index in [1.165, 1.54) is 43.4 Å². The quantitative estimate of drug-likeness (QED) is 0.808. The van der Waals surface area contributed by atoms with Gasteiger partial charge in [0.15, 0.2) is 0 Å². The van der Waals surface area contributed by atoms with Gasteiger partial charge in [0.25, 0.3) is 0 Å². The van der Waals surface area contributed by atoms with Crippen LogP contribution in [0.2, 0.25) is 0 Å². The van der Waals surface area contributed by atoms with E-state index < -0.39 is 0 Å². The summed E-state index contributed by atoms with van der Waals surface area (Å²) < 4.78 is 1.98. The molecule has 1 fully saturated rings. The van der Waals surface area contributed by atoms with Crippen LogP contribution in [-0.2, 0) is 13.6 Å². The van der Waals surface area contributed by atoms with Gasteiger partial charge in [-0.3, -0.25) is 4.68 Å². The second kappa shape index (κ2) is 4.35. The van der Waals surface area contributed by atoms with Gasteiger partial charge in [-0.05, 0) is 25.7 Å². The maximum absolute atomic E-state index is 5.76. The summed E-state index contributed by atoms with van der Waals surface area (Å²) in [6, 6.07) is 0. The molecule has 0 spiro atoms. The largest absolute Gasteiger partial charge is 0.325 e. The summed E-state index contributed by atoms with van der Waals surface area (Å²) in [5, 5.41) is 4.50. The second-order valence-electron chi connectivity index (χ2n) is 4.61. The van der Waals surface area contributed by atoms with Crippen molar-refractivity contribution in [2.45, 2.75) is 51.5 Å². The molecule has 1 aromatic heterocycles. The number of hydrogen-bond donors (Lipinski definition) is 1. The van der Waals surface area contributed by atoms with Crippen molar-refractivity contribution in [3.8, 4) is 0 Å². The average Bonchev–Trinajstić information content (AvgIpc) is 2.56. The van der Waals surface area contributed by atoms with Crippen molar-refractivity contribution in [2.24, 2.45) is 12.8 Å². The summed E-state index contributed by atoms with van der Waals surface area (Å²) >= 11 is 0. The van der Waals surface area contributed by atoms with E-state index in [9.17, 15) is 0 Å². The molecule has 2 rings (SSSR count). The van der Waals surface area contributed by atoms with Gasteiger partial charge in [0.2, 0.25) is 0 Å². The van der Waals surface area contributed by atoms with Crippen molar-refractivity contribution in [1.29, 1.82) is 0 Å². The van der Waals surface area contributed by atoms with Crippen LogP contribution in [0.5, 0.6) is 0 Å². The average molecular weight is 207 g/mol. The van der Waals surface area contributed by atoms with Crippen LogP contribution >= 0.6 is 0 Å². The Kier molecular flexibility index (Phi) is 3.10. The van der Waals surface area contributed by atoms with Gasteiger partial charge in [0.1, 0.15) is 0 Å². The van der Waals surface area contributed by atoms with Crippen molar-refractivity contribution < 1.29 is 0 Å². The van der Waals surface area contributed by atoms with Crippen LogP contribution in [0.1, 0.15) is 55.0 Å². The van der Waals surface area contributed by atoms with Gasteiger partial charge in [-0.1, -0.05) is 19.3 Å². The second-order valence-corrected chi connectivity index (χ2v) is 4.61. The number of aromatic nitrogens is 2. The Morgan fingerprint density at radius 1 is 1.33 bits per heavy atom. The minimum atomic E-state index is 0.577. The van der Waals surface area contributed by atoms with Crippen molar-refractivity contribution in [1.82, 2.24) is 9.78 Å². The highest BCUT2D eigenvalue weighted by molar-refractivity contribution is 5.29. The standard InChI is InChI=1S/C12H21N3/c1-9-12(10-6-4-3-5-7-10)11(8-13)14-15(9)2/h10H,3-8,13H2,1-2H3. The Balaban J connectivity index is 2.31. The summed E-state index contributed by atoms with van der Waals surface area (Å²) in [4.78, 5) is 0. The number of aryl methyl sites for hydroxylation is 1. The van der Waals surface area contributed by atoms with Gasteiger partial charge in [0, 0.05) is 24.8 Å². The Hall–Kier alpha value is -0.830. The molecule has 0 amide bonds. The number of nitrogens with zero attached hydrogens (tertiary/aromatic N) is 2. The Labute approximate surface area is 91.7 Å². The molecule has 1 heterocycles. The molecule has 0 saturated heterocycles. The monoisotopic (exact) mass is 207 g/mol. The predicted molar refractivity (Wildman–Crippen MR) is 61.7 cm³/mol. The van der Waals surface area contributed by atoms with Crippen LogP contribution in [0.4, 0.5) is 0 Å². The molecule has 3 heteroatoms. The van der Waals surface area contributed by atoms with Crippen LogP contribution in [0, 0.1) is 6.92 Å². The van der Waals surface area contributed by atoms with Gasteiger partial charge in [-0.25, -0.2) is 0 Å². The molecule has 1 aliphatic carbocycles. The zero-order chi connectivity index (χ0) is 10.8. The molecule has 15 heavy (non-hydrogen) atoms. The first-order chi connectivity index (χ1) is 7.24. The van der Waals surface area contributed by atoms with Gasteiger partial charge < -0.3 is 5.73 Å². The number of rotatable bonds is 2. The molecule has 1 aromatic rings. The van der Waals surface area contributed by atoms with E-state index in [-0.39, 0.29) is 0 Å². The molecule has 3 nitrogen and oxygen atoms in total. The molecule has 0 aliphatic heterocycles. The lowest BCUT2D eigenvalue weighted by Gasteiger charge is -2.22. The maximum Gasteiger partial charge on any atom is 0.0797 e. The highest BCUT2D eigenvalue weighted by Crippen LogP contribution is 2.35. The molecule has 0 radical (unpaired) electrons. The highest BCUT2D eigenvalue weighted by Gasteiger charge is 2.22. The molecule has 2 N–H and O–H groups in total. The van der Waals surface area contributed by atoms with E-state index >= 15 is 0 Å². The number of hydrogen-bond acceptors (Lipinski definition) is 2. The molecule has 0 aromatic carbocycles. The zero-order valence-corrected chi connectivity index (χ0v) is 9.79. The SMILES string of the molecule is Cc1c(C2CCCCC2)c(CN)nn1C. The topological polar surface area (TPSA) is 43.8 Å². The van der Waals surface area contributed by atoms with Crippen LogP contribution in [0.3, 0.4) is 0 Å². The van der Waals surface area contributed by atoms with E-state index in [0.717, 1.165) is 5.69 Å². The Bertz CT molecular complexity index is 335. The summed E-state index contributed by atoms with van der Waals surface area (Å²) in [6.07, 6.45) is 6.76. The predicted octanol–water partition coefficient (Wildman–Crippen LogP) is 2.23. The minimum Gasteiger partial charge on any atom is -0.325 e. The first-order valence-electron chi connectivity index (χ1n) is 5.96. The zero-order valence-electron chi connectivity index (χ0n) is 9.79. The fraction of sp³-hybridized carbons (Fsp3) is 0.750. The van der Waals surface area contributed by atoms with Crippen molar-refractivity contribution in [3.63, 3.8) is 0 Å². The van der Waals surface area contributed by atoms with Gasteiger partial charge >= 0.3 is 0 Å². The smallest absolute Gasteiger partial charge is 0.0797 e. The van der Waals surface area contributed by atoms with Gasteiger partial charge in [0.05, 0.1) is 5.69 Å². The third kappa shape index (κ3) is 1.93. The lowest BCUT2D eigenvalue weighted by atomic mass is 9.83. The van der Waals surface area contributed by atoms with Crippen LogP contribution in [0.15, 0.2) is 0 Å². The summed E-state index contributed by atoms with van der Waals surface area (Å²) in [5.41, 5.74) is 9.63. The third-order valence-electron chi connectivity index (χ3n) is 3.66. The third-order valence-corrected chi connectivity index (χ3v) is 3.66. The molecule has 84 valence electrons. The normalized spacial score (nSPS) is 18.3. The Morgan fingerprint density at radius 2 is 2.00 bits per heavy atom. The molecule has 0 atom stereocenters. The Morgan fingerprint density at radius 3 is 2.60 bits per heavy atom. The van der Waals surface area contributed by atoms with Gasteiger partial charge in [-0.15, -0.1) is 0 Å². The van der Waals surface area contributed by atoms with Crippen molar-refractivity contribution in [2.75, 3.05) is 0 Å².